The van der Waals surface area contributed by atoms with Gasteiger partial charge in [-0.05, 0) is 50.4 Å². The molecular weight excluding hydrogens is 298 g/mol. The predicted molar refractivity (Wildman–Crippen MR) is 85.1 cm³/mol. The van der Waals surface area contributed by atoms with Crippen LogP contribution in [0.15, 0.2) is 30.5 Å². The summed E-state index contributed by atoms with van der Waals surface area (Å²) in [4.78, 5) is 2.34. The van der Waals surface area contributed by atoms with Gasteiger partial charge in [0.05, 0.1) is 5.69 Å². The molecule has 2 heterocycles. The fourth-order valence-electron chi connectivity index (χ4n) is 3.14. The fraction of sp³-hybridized carbons (Fsp3) is 0.471. The number of hydrogen-bond donors (Lipinski definition) is 1. The van der Waals surface area contributed by atoms with E-state index in [0.29, 0.717) is 5.92 Å². The number of nitrogens with two attached hydrogens (primary N) is 1. The molecule has 1 aliphatic rings. The van der Waals surface area contributed by atoms with Crippen molar-refractivity contribution in [3.05, 3.63) is 47.8 Å². The molecule has 4 nitrogen and oxygen atoms in total. The molecule has 3 rings (SSSR count). The fourth-order valence-corrected chi connectivity index (χ4v) is 3.14. The Bertz CT molecular complexity index is 668. The van der Waals surface area contributed by atoms with Crippen molar-refractivity contribution in [3.8, 4) is 5.69 Å². The second-order valence-corrected chi connectivity index (χ2v) is 6.34. The first kappa shape index (κ1) is 16.1. The van der Waals surface area contributed by atoms with Gasteiger partial charge in [-0.15, -0.1) is 0 Å². The number of rotatable bonds is 4. The lowest BCUT2D eigenvalue weighted by Gasteiger charge is -2.34. The molecule has 2 N–H and O–H groups in total. The monoisotopic (exact) mass is 320 g/mol. The van der Waals surface area contributed by atoms with Crippen molar-refractivity contribution in [3.63, 3.8) is 0 Å². The Morgan fingerprint density at radius 2 is 2.17 bits per heavy atom. The van der Waals surface area contributed by atoms with Crippen molar-refractivity contribution < 1.29 is 8.78 Å². The van der Waals surface area contributed by atoms with Crippen LogP contribution in [0.1, 0.15) is 25.5 Å². The molecule has 0 aliphatic carbocycles. The van der Waals surface area contributed by atoms with Crippen molar-refractivity contribution in [2.24, 2.45) is 11.7 Å². The van der Waals surface area contributed by atoms with Crippen LogP contribution in [-0.2, 0) is 6.54 Å². The van der Waals surface area contributed by atoms with E-state index in [4.69, 9.17) is 5.73 Å². The Balaban J connectivity index is 1.70. The number of nitrogens with zero attached hydrogens (tertiary/aromatic N) is 3. The number of halogens is 2. The van der Waals surface area contributed by atoms with E-state index < -0.39 is 11.6 Å². The van der Waals surface area contributed by atoms with Crippen LogP contribution < -0.4 is 5.73 Å². The number of benzene rings is 1. The van der Waals surface area contributed by atoms with Gasteiger partial charge in [0.15, 0.2) is 5.82 Å². The molecule has 2 unspecified atom stereocenters. The third-order valence-corrected chi connectivity index (χ3v) is 4.47. The molecule has 23 heavy (non-hydrogen) atoms. The summed E-state index contributed by atoms with van der Waals surface area (Å²) in [6.07, 6.45) is 4.02. The van der Waals surface area contributed by atoms with Crippen LogP contribution in [0, 0.1) is 17.6 Å². The Hall–Kier alpha value is -1.79. The van der Waals surface area contributed by atoms with Gasteiger partial charge in [0.25, 0.3) is 0 Å². The first-order valence-corrected chi connectivity index (χ1v) is 8.01. The molecule has 1 aliphatic heterocycles. The minimum Gasteiger partial charge on any atom is -0.328 e. The minimum absolute atomic E-state index is 0.198. The highest BCUT2D eigenvalue weighted by atomic mass is 19.1. The molecule has 0 spiro atoms. The van der Waals surface area contributed by atoms with Crippen LogP contribution in [0.4, 0.5) is 8.78 Å². The third-order valence-electron chi connectivity index (χ3n) is 4.47. The van der Waals surface area contributed by atoms with Gasteiger partial charge in [-0.2, -0.15) is 5.10 Å². The predicted octanol–water partition coefficient (Wildman–Crippen LogP) is 2.71. The van der Waals surface area contributed by atoms with E-state index in [1.165, 1.54) is 23.2 Å². The largest absolute Gasteiger partial charge is 0.328 e. The minimum atomic E-state index is -0.616. The lowest BCUT2D eigenvalue weighted by atomic mass is 9.92. The maximum atomic E-state index is 13.8. The summed E-state index contributed by atoms with van der Waals surface area (Å²) in [5.41, 5.74) is 7.14. The number of likely N-dealkylation sites (tertiary alicyclic amines) is 1. The molecule has 2 aromatic rings. The zero-order valence-corrected chi connectivity index (χ0v) is 13.3. The quantitative estimate of drug-likeness (QED) is 0.942. The van der Waals surface area contributed by atoms with E-state index in [9.17, 15) is 8.78 Å². The molecule has 2 atom stereocenters. The molecule has 0 amide bonds. The van der Waals surface area contributed by atoms with Crippen LogP contribution in [0.25, 0.3) is 5.69 Å². The molecular formula is C17H22F2N4. The molecule has 1 aromatic heterocycles. The molecule has 0 radical (unpaired) electrons. The van der Waals surface area contributed by atoms with Crippen LogP contribution in [-0.4, -0.2) is 33.8 Å². The van der Waals surface area contributed by atoms with E-state index in [1.54, 1.807) is 6.20 Å². The van der Waals surface area contributed by atoms with Gasteiger partial charge in [0.1, 0.15) is 11.5 Å². The van der Waals surface area contributed by atoms with E-state index in [-0.39, 0.29) is 11.7 Å². The van der Waals surface area contributed by atoms with E-state index in [0.717, 1.165) is 37.8 Å². The highest BCUT2D eigenvalue weighted by molar-refractivity contribution is 5.33. The third kappa shape index (κ3) is 3.76. The summed E-state index contributed by atoms with van der Waals surface area (Å²) in [6, 6.07) is 5.57. The maximum Gasteiger partial charge on any atom is 0.151 e. The molecule has 0 bridgehead atoms. The van der Waals surface area contributed by atoms with Crippen molar-refractivity contribution in [1.29, 1.82) is 0 Å². The molecule has 1 aromatic carbocycles. The summed E-state index contributed by atoms with van der Waals surface area (Å²) < 4.78 is 28.3. The number of hydrogen-bond acceptors (Lipinski definition) is 3. The molecule has 1 fully saturated rings. The average Bonchev–Trinajstić information content (AvgIpc) is 2.95. The van der Waals surface area contributed by atoms with Crippen molar-refractivity contribution >= 4 is 0 Å². The van der Waals surface area contributed by atoms with Crippen LogP contribution in [0.2, 0.25) is 0 Å². The lowest BCUT2D eigenvalue weighted by molar-refractivity contribution is 0.152. The van der Waals surface area contributed by atoms with Gasteiger partial charge in [-0.1, -0.05) is 0 Å². The summed E-state index contributed by atoms with van der Waals surface area (Å²) in [6.45, 7) is 4.77. The van der Waals surface area contributed by atoms with Crippen LogP contribution >= 0.6 is 0 Å². The van der Waals surface area contributed by atoms with Gasteiger partial charge in [-0.25, -0.2) is 13.5 Å². The molecule has 6 heteroatoms. The highest BCUT2D eigenvalue weighted by Crippen LogP contribution is 2.21. The maximum absolute atomic E-state index is 13.8. The lowest BCUT2D eigenvalue weighted by Crippen LogP contribution is -2.42. The zero-order valence-electron chi connectivity index (χ0n) is 13.3. The van der Waals surface area contributed by atoms with E-state index >= 15 is 0 Å². The first-order valence-electron chi connectivity index (χ1n) is 8.01. The summed E-state index contributed by atoms with van der Waals surface area (Å²) >= 11 is 0. The zero-order chi connectivity index (χ0) is 16.4. The molecule has 1 saturated heterocycles. The Kier molecular flexibility index (Phi) is 4.73. The van der Waals surface area contributed by atoms with E-state index in [1.807, 2.05) is 6.07 Å². The van der Waals surface area contributed by atoms with Gasteiger partial charge in [0, 0.05) is 31.4 Å². The van der Waals surface area contributed by atoms with Crippen LogP contribution in [0.3, 0.4) is 0 Å². The van der Waals surface area contributed by atoms with Crippen molar-refractivity contribution in [1.82, 2.24) is 14.7 Å². The Morgan fingerprint density at radius 3 is 2.91 bits per heavy atom. The summed E-state index contributed by atoms with van der Waals surface area (Å²) in [5, 5.41) is 4.42. The number of aromatic nitrogens is 2. The van der Waals surface area contributed by atoms with Crippen LogP contribution in [0.5, 0.6) is 0 Å². The summed E-state index contributed by atoms with van der Waals surface area (Å²) in [7, 11) is 0. The van der Waals surface area contributed by atoms with Gasteiger partial charge < -0.3 is 5.73 Å². The smallest absolute Gasteiger partial charge is 0.151 e. The first-order chi connectivity index (χ1) is 11.0. The second-order valence-electron chi connectivity index (χ2n) is 6.34. The summed E-state index contributed by atoms with van der Waals surface area (Å²) in [5.74, 6) is -0.691. The van der Waals surface area contributed by atoms with Gasteiger partial charge in [-0.3, -0.25) is 4.90 Å². The topological polar surface area (TPSA) is 47.1 Å². The number of piperidine rings is 1. The Morgan fingerprint density at radius 1 is 1.35 bits per heavy atom. The highest BCUT2D eigenvalue weighted by Gasteiger charge is 2.23. The standard InChI is InChI=1S/C17H22F2N4/c1-12(20)13-3-2-7-22(10-13)11-15-6-8-23(21-15)17-5-4-14(18)9-16(17)19/h4-6,8-9,12-13H,2-3,7,10-11,20H2,1H3. The molecule has 124 valence electrons. The normalized spacial score (nSPS) is 20.6. The van der Waals surface area contributed by atoms with Crippen molar-refractivity contribution in [2.45, 2.75) is 32.4 Å². The Labute approximate surface area is 134 Å². The SMILES string of the molecule is CC(N)C1CCCN(Cc2ccn(-c3ccc(F)cc3F)n2)C1. The average molecular weight is 320 g/mol. The van der Waals surface area contributed by atoms with Gasteiger partial charge in [0.2, 0.25) is 0 Å². The second kappa shape index (κ2) is 6.76. The van der Waals surface area contributed by atoms with E-state index in [2.05, 4.69) is 16.9 Å². The van der Waals surface area contributed by atoms with Crippen molar-refractivity contribution in [2.75, 3.05) is 13.1 Å². The molecule has 0 saturated carbocycles. The van der Waals surface area contributed by atoms with Gasteiger partial charge >= 0.3 is 0 Å².